The van der Waals surface area contributed by atoms with Crippen molar-refractivity contribution in [1.29, 1.82) is 0 Å². The minimum absolute atomic E-state index is 0.123. The Morgan fingerprint density at radius 3 is 2.50 bits per heavy atom. The summed E-state index contributed by atoms with van der Waals surface area (Å²) in [4.78, 5) is 15.2. The predicted octanol–water partition coefficient (Wildman–Crippen LogP) is 0.590. The van der Waals surface area contributed by atoms with Crippen LogP contribution in [0.2, 0.25) is 0 Å². The molecule has 1 amide bonds. The molecule has 1 atom stereocenters. The molecule has 0 aliphatic carbocycles. The second kappa shape index (κ2) is 7.26. The Hall–Kier alpha value is -1.59. The number of rotatable bonds is 5. The molecule has 1 aliphatic heterocycles. The monoisotopic (exact) mass is 278 g/mol. The maximum absolute atomic E-state index is 11.2. The van der Waals surface area contributed by atoms with Gasteiger partial charge in [-0.25, -0.2) is 0 Å². The number of β-amino-alcohol motifs (C(OH)–C–C–N with tert-alkyl or cyclic N) is 1. The molecule has 5 nitrogen and oxygen atoms in total. The van der Waals surface area contributed by atoms with Gasteiger partial charge in [0, 0.05) is 39.6 Å². The van der Waals surface area contributed by atoms with E-state index in [0.29, 0.717) is 6.54 Å². The Bertz CT molecular complexity index is 416. The van der Waals surface area contributed by atoms with Gasteiger partial charge in [-0.1, -0.05) is 18.2 Å². The first-order valence-electron chi connectivity index (χ1n) is 6.99. The van der Waals surface area contributed by atoms with Crippen molar-refractivity contribution in [2.45, 2.75) is 13.0 Å². The van der Waals surface area contributed by atoms with Crippen LogP contribution >= 0.6 is 0 Å². The van der Waals surface area contributed by atoms with Crippen LogP contribution in [0.25, 0.3) is 0 Å². The maximum Gasteiger partial charge on any atom is 0.219 e. The zero-order chi connectivity index (χ0) is 14.4. The van der Waals surface area contributed by atoms with Crippen molar-refractivity contribution in [1.82, 2.24) is 9.80 Å². The standard InChI is InChI=1S/C15H22N2O3/c1-13(18)17-9-7-16(8-10-17)11-14(19)12-20-15-5-3-2-4-6-15/h2-6,14,19H,7-12H2,1H3/t14-/m0/s1. The van der Waals surface area contributed by atoms with Gasteiger partial charge in [-0.3, -0.25) is 9.69 Å². The summed E-state index contributed by atoms with van der Waals surface area (Å²) in [5.74, 6) is 0.894. The highest BCUT2D eigenvalue weighted by Gasteiger charge is 2.20. The largest absolute Gasteiger partial charge is 0.491 e. The van der Waals surface area contributed by atoms with Gasteiger partial charge in [0.1, 0.15) is 18.5 Å². The van der Waals surface area contributed by atoms with E-state index in [1.807, 2.05) is 35.2 Å². The summed E-state index contributed by atoms with van der Waals surface area (Å²) in [5.41, 5.74) is 0. The molecular weight excluding hydrogens is 256 g/mol. The zero-order valence-corrected chi connectivity index (χ0v) is 11.9. The van der Waals surface area contributed by atoms with Crippen molar-refractivity contribution in [2.24, 2.45) is 0 Å². The molecule has 1 fully saturated rings. The molecule has 0 unspecified atom stereocenters. The molecule has 5 heteroatoms. The summed E-state index contributed by atoms with van der Waals surface area (Å²) < 4.78 is 5.53. The lowest BCUT2D eigenvalue weighted by atomic mass is 10.2. The van der Waals surface area contributed by atoms with Crippen molar-refractivity contribution in [3.05, 3.63) is 30.3 Å². The first-order chi connectivity index (χ1) is 9.65. The highest BCUT2D eigenvalue weighted by atomic mass is 16.5. The van der Waals surface area contributed by atoms with E-state index in [1.54, 1.807) is 6.92 Å². The predicted molar refractivity (Wildman–Crippen MR) is 76.6 cm³/mol. The Morgan fingerprint density at radius 2 is 1.90 bits per heavy atom. The lowest BCUT2D eigenvalue weighted by Gasteiger charge is -2.35. The molecule has 1 aromatic rings. The van der Waals surface area contributed by atoms with Gasteiger partial charge in [-0.05, 0) is 12.1 Å². The van der Waals surface area contributed by atoms with Crippen LogP contribution in [0.4, 0.5) is 0 Å². The number of carbonyl (C=O) groups excluding carboxylic acids is 1. The first-order valence-corrected chi connectivity index (χ1v) is 6.99. The summed E-state index contributed by atoms with van der Waals surface area (Å²) >= 11 is 0. The molecule has 0 radical (unpaired) electrons. The number of nitrogens with zero attached hydrogens (tertiary/aromatic N) is 2. The first kappa shape index (κ1) is 14.8. The number of piperazine rings is 1. The van der Waals surface area contributed by atoms with Gasteiger partial charge in [0.2, 0.25) is 5.91 Å². The van der Waals surface area contributed by atoms with Gasteiger partial charge >= 0.3 is 0 Å². The summed E-state index contributed by atoms with van der Waals surface area (Å²) in [6, 6.07) is 9.49. The number of ether oxygens (including phenoxy) is 1. The average Bonchev–Trinajstić information content (AvgIpc) is 2.47. The fraction of sp³-hybridized carbons (Fsp3) is 0.533. The normalized spacial score (nSPS) is 17.8. The fourth-order valence-electron chi connectivity index (χ4n) is 2.31. The van der Waals surface area contributed by atoms with Gasteiger partial charge in [-0.15, -0.1) is 0 Å². The number of benzene rings is 1. The molecule has 2 rings (SSSR count). The number of para-hydroxylation sites is 1. The topological polar surface area (TPSA) is 53.0 Å². The lowest BCUT2D eigenvalue weighted by molar-refractivity contribution is -0.130. The number of hydrogen-bond donors (Lipinski definition) is 1. The van der Waals surface area contributed by atoms with Crippen LogP contribution in [0.1, 0.15) is 6.92 Å². The second-order valence-corrected chi connectivity index (χ2v) is 5.08. The van der Waals surface area contributed by atoms with E-state index in [4.69, 9.17) is 4.74 Å². The summed E-state index contributed by atoms with van der Waals surface area (Å²) in [7, 11) is 0. The molecule has 0 spiro atoms. The second-order valence-electron chi connectivity index (χ2n) is 5.08. The maximum atomic E-state index is 11.2. The minimum Gasteiger partial charge on any atom is -0.491 e. The molecular formula is C15H22N2O3. The van der Waals surface area contributed by atoms with Crippen molar-refractivity contribution >= 4 is 5.91 Å². The molecule has 1 saturated heterocycles. The number of hydrogen-bond acceptors (Lipinski definition) is 4. The van der Waals surface area contributed by atoms with Gasteiger partial charge in [-0.2, -0.15) is 0 Å². The van der Waals surface area contributed by atoms with E-state index >= 15 is 0 Å². The Labute approximate surface area is 119 Å². The van der Waals surface area contributed by atoms with Crippen LogP contribution in [0.15, 0.2) is 30.3 Å². The van der Waals surface area contributed by atoms with E-state index in [-0.39, 0.29) is 12.5 Å². The van der Waals surface area contributed by atoms with Crippen LogP contribution in [-0.4, -0.2) is 66.2 Å². The van der Waals surface area contributed by atoms with Crippen LogP contribution in [-0.2, 0) is 4.79 Å². The zero-order valence-electron chi connectivity index (χ0n) is 11.9. The minimum atomic E-state index is -0.515. The third kappa shape index (κ3) is 4.51. The van der Waals surface area contributed by atoms with Crippen LogP contribution in [0.3, 0.4) is 0 Å². The molecule has 20 heavy (non-hydrogen) atoms. The lowest BCUT2D eigenvalue weighted by Crippen LogP contribution is -2.50. The van der Waals surface area contributed by atoms with Gasteiger partial charge in [0.15, 0.2) is 0 Å². The molecule has 1 heterocycles. The Balaban J connectivity index is 1.68. The highest BCUT2D eigenvalue weighted by molar-refractivity contribution is 5.73. The average molecular weight is 278 g/mol. The third-order valence-corrected chi connectivity index (χ3v) is 3.47. The van der Waals surface area contributed by atoms with E-state index < -0.39 is 6.10 Å². The summed E-state index contributed by atoms with van der Waals surface area (Å²) in [5, 5.41) is 9.99. The smallest absolute Gasteiger partial charge is 0.219 e. The van der Waals surface area contributed by atoms with E-state index in [2.05, 4.69) is 4.90 Å². The molecule has 0 aromatic heterocycles. The van der Waals surface area contributed by atoms with Gasteiger partial charge in [0.05, 0.1) is 0 Å². The highest BCUT2D eigenvalue weighted by Crippen LogP contribution is 2.09. The summed E-state index contributed by atoms with van der Waals surface area (Å²) in [6.45, 7) is 5.56. The van der Waals surface area contributed by atoms with E-state index in [1.165, 1.54) is 0 Å². The summed E-state index contributed by atoms with van der Waals surface area (Å²) in [6.07, 6.45) is -0.515. The SMILES string of the molecule is CC(=O)N1CCN(C[C@H](O)COc2ccccc2)CC1. The third-order valence-electron chi connectivity index (χ3n) is 3.47. The molecule has 0 bridgehead atoms. The van der Waals surface area contributed by atoms with Gasteiger partial charge in [0.25, 0.3) is 0 Å². The van der Waals surface area contributed by atoms with Gasteiger partial charge < -0.3 is 14.7 Å². The van der Waals surface area contributed by atoms with Crippen molar-refractivity contribution in [3.63, 3.8) is 0 Å². The number of amides is 1. The van der Waals surface area contributed by atoms with Crippen molar-refractivity contribution < 1.29 is 14.6 Å². The molecule has 0 saturated carbocycles. The van der Waals surface area contributed by atoms with Crippen LogP contribution in [0.5, 0.6) is 5.75 Å². The number of carbonyl (C=O) groups is 1. The fourth-order valence-corrected chi connectivity index (χ4v) is 2.31. The Morgan fingerprint density at radius 1 is 1.25 bits per heavy atom. The van der Waals surface area contributed by atoms with Crippen molar-refractivity contribution in [3.8, 4) is 5.75 Å². The van der Waals surface area contributed by atoms with E-state index in [9.17, 15) is 9.90 Å². The molecule has 1 aliphatic rings. The number of aliphatic hydroxyl groups excluding tert-OH is 1. The quantitative estimate of drug-likeness (QED) is 0.856. The molecule has 110 valence electrons. The van der Waals surface area contributed by atoms with E-state index in [0.717, 1.165) is 31.9 Å². The van der Waals surface area contributed by atoms with Crippen LogP contribution < -0.4 is 4.74 Å². The van der Waals surface area contributed by atoms with Crippen LogP contribution in [0, 0.1) is 0 Å². The number of aliphatic hydroxyl groups is 1. The van der Waals surface area contributed by atoms with Crippen molar-refractivity contribution in [2.75, 3.05) is 39.3 Å². The molecule has 1 aromatic carbocycles. The Kier molecular flexibility index (Phi) is 5.38. The molecule has 1 N–H and O–H groups in total.